The van der Waals surface area contributed by atoms with Gasteiger partial charge in [0, 0.05) is 52.6 Å². The van der Waals surface area contributed by atoms with Crippen LogP contribution in [0.15, 0.2) is 49.1 Å². The molecule has 0 fully saturated rings. The van der Waals surface area contributed by atoms with Gasteiger partial charge >= 0.3 is 12.2 Å². The van der Waals surface area contributed by atoms with Crippen LogP contribution in [0.1, 0.15) is 38.3 Å². The van der Waals surface area contributed by atoms with Gasteiger partial charge in [0.1, 0.15) is 6.61 Å². The van der Waals surface area contributed by atoms with E-state index in [0.29, 0.717) is 40.9 Å². The van der Waals surface area contributed by atoms with Crippen molar-refractivity contribution in [3.8, 4) is 28.4 Å². The van der Waals surface area contributed by atoms with E-state index in [0.717, 1.165) is 17.5 Å². The highest BCUT2D eigenvalue weighted by atomic mass is 19.1. The number of carbonyl (C=O) groups excluding carboxylic acids is 2. The summed E-state index contributed by atoms with van der Waals surface area (Å²) in [4.78, 5) is 46.6. The van der Waals surface area contributed by atoms with Gasteiger partial charge < -0.3 is 19.9 Å². The van der Waals surface area contributed by atoms with Crippen LogP contribution >= 0.6 is 0 Å². The van der Waals surface area contributed by atoms with Crippen molar-refractivity contribution in [2.45, 2.75) is 46.6 Å². The summed E-state index contributed by atoms with van der Waals surface area (Å²) >= 11 is 0. The lowest BCUT2D eigenvalue weighted by atomic mass is 9.93. The quantitative estimate of drug-likeness (QED) is 0.201. The number of ether oxygens (including phenoxy) is 3. The van der Waals surface area contributed by atoms with Crippen molar-refractivity contribution in [1.29, 1.82) is 0 Å². The molecule has 0 saturated heterocycles. The smallest absolute Gasteiger partial charge is 0.413 e. The van der Waals surface area contributed by atoms with Crippen molar-refractivity contribution in [1.82, 2.24) is 29.9 Å². The highest BCUT2D eigenvalue weighted by molar-refractivity contribution is 5.83. The lowest BCUT2D eigenvalue weighted by molar-refractivity contribution is 0.186. The van der Waals surface area contributed by atoms with E-state index in [9.17, 15) is 14.0 Å². The molecule has 14 nitrogen and oxygen atoms in total. The molecule has 0 aliphatic rings. The lowest BCUT2D eigenvalue weighted by Crippen LogP contribution is -2.43. The number of aryl methyl sites for hydroxylation is 2. The second-order valence-electron chi connectivity index (χ2n) is 11.0. The Kier molecular flexibility index (Phi) is 12.3. The molecule has 4 N–H and O–H groups in total. The third-order valence-corrected chi connectivity index (χ3v) is 6.16. The summed E-state index contributed by atoms with van der Waals surface area (Å²) in [5.74, 6) is 0.772. The average Bonchev–Trinajstić information content (AvgIpc) is 3.01. The number of hydrogen-bond acceptors (Lipinski definition) is 12. The number of amides is 2. The topological polar surface area (TPSA) is 189 Å². The zero-order chi connectivity index (χ0) is 33.9. The largest absolute Gasteiger partial charge is 0.476 e. The van der Waals surface area contributed by atoms with Crippen molar-refractivity contribution in [3.63, 3.8) is 0 Å². The van der Waals surface area contributed by atoms with E-state index in [-0.39, 0.29) is 11.9 Å². The third-order valence-electron chi connectivity index (χ3n) is 6.16. The van der Waals surface area contributed by atoms with Crippen molar-refractivity contribution >= 4 is 24.1 Å². The SMILES string of the molecule is COC(=O)Nc1nccc(-c2cnc(F)c(C)c2)n1.COC(=O)Nc1nccc(-c2cnc(OC[C@@](C)(N)CC(C)C)c(C)c2)n1. The minimum Gasteiger partial charge on any atom is -0.476 e. The molecule has 0 radical (unpaired) electrons. The summed E-state index contributed by atoms with van der Waals surface area (Å²) in [5.41, 5.74) is 9.73. The van der Waals surface area contributed by atoms with Crippen LogP contribution in [0.5, 0.6) is 5.88 Å². The van der Waals surface area contributed by atoms with E-state index in [1.807, 2.05) is 19.9 Å². The van der Waals surface area contributed by atoms with Gasteiger partial charge in [0.2, 0.25) is 23.7 Å². The molecule has 244 valence electrons. The molecule has 4 rings (SSSR count). The Balaban J connectivity index is 0.000000266. The third kappa shape index (κ3) is 10.7. The first-order valence-corrected chi connectivity index (χ1v) is 14.2. The molecule has 15 heteroatoms. The highest BCUT2D eigenvalue weighted by Crippen LogP contribution is 2.24. The molecule has 4 aromatic rings. The fourth-order valence-corrected chi connectivity index (χ4v) is 4.22. The van der Waals surface area contributed by atoms with Crippen molar-refractivity contribution in [3.05, 3.63) is 66.1 Å². The molecule has 46 heavy (non-hydrogen) atoms. The second-order valence-corrected chi connectivity index (χ2v) is 11.0. The van der Waals surface area contributed by atoms with E-state index < -0.39 is 23.7 Å². The predicted octanol–water partition coefficient (Wildman–Crippen LogP) is 5.33. The molecule has 0 aliphatic carbocycles. The summed E-state index contributed by atoms with van der Waals surface area (Å²) in [6, 6.07) is 6.91. The van der Waals surface area contributed by atoms with Crippen LogP contribution in [0.25, 0.3) is 22.5 Å². The summed E-state index contributed by atoms with van der Waals surface area (Å²) < 4.78 is 27.9. The first kappa shape index (κ1) is 35.2. The second kappa shape index (κ2) is 16.1. The Morgan fingerprint density at radius 2 is 1.37 bits per heavy atom. The number of carbonyl (C=O) groups is 2. The molecule has 0 bridgehead atoms. The number of nitrogens with two attached hydrogens (primary N) is 1. The molecule has 0 aromatic carbocycles. The molecule has 0 saturated carbocycles. The molecule has 1 atom stereocenters. The van der Waals surface area contributed by atoms with Crippen molar-refractivity contribution < 1.29 is 28.2 Å². The molecule has 0 unspecified atom stereocenters. The Morgan fingerprint density at radius 3 is 1.83 bits per heavy atom. The van der Waals surface area contributed by atoms with E-state index in [2.05, 4.69) is 63.9 Å². The summed E-state index contributed by atoms with van der Waals surface area (Å²) in [6.07, 6.45) is 5.64. The molecular formula is C31H38FN9O5. The van der Waals surface area contributed by atoms with Crippen LogP contribution in [-0.2, 0) is 9.47 Å². The fraction of sp³-hybridized carbons (Fsp3) is 0.355. The maximum Gasteiger partial charge on any atom is 0.413 e. The number of halogens is 1. The number of rotatable bonds is 9. The molecule has 0 aliphatic heterocycles. The number of hydrogen-bond donors (Lipinski definition) is 3. The maximum atomic E-state index is 13.1. The van der Waals surface area contributed by atoms with Gasteiger partial charge in [-0.05, 0) is 57.4 Å². The van der Waals surface area contributed by atoms with E-state index in [4.69, 9.17) is 10.5 Å². The van der Waals surface area contributed by atoms with Crippen LogP contribution in [-0.4, -0.2) is 68.5 Å². The van der Waals surface area contributed by atoms with Gasteiger partial charge in [-0.25, -0.2) is 39.5 Å². The Bertz CT molecular complexity index is 1650. The van der Waals surface area contributed by atoms with E-state index >= 15 is 0 Å². The molecule has 0 spiro atoms. The number of aromatic nitrogens is 6. The van der Waals surface area contributed by atoms with Crippen LogP contribution in [0.4, 0.5) is 25.9 Å². The first-order valence-electron chi connectivity index (χ1n) is 14.2. The first-order chi connectivity index (χ1) is 21.8. The number of nitrogens with zero attached hydrogens (tertiary/aromatic N) is 6. The monoisotopic (exact) mass is 635 g/mol. The summed E-state index contributed by atoms with van der Waals surface area (Å²) in [6.45, 7) is 10.2. The fourth-order valence-electron chi connectivity index (χ4n) is 4.22. The maximum absolute atomic E-state index is 13.1. The number of methoxy groups -OCH3 is 2. The van der Waals surface area contributed by atoms with E-state index in [1.165, 1.54) is 26.6 Å². The van der Waals surface area contributed by atoms with Gasteiger partial charge in [-0.1, -0.05) is 13.8 Å². The van der Waals surface area contributed by atoms with Crippen LogP contribution in [0.2, 0.25) is 0 Å². The molecular weight excluding hydrogens is 597 g/mol. The number of pyridine rings is 2. The van der Waals surface area contributed by atoms with Gasteiger partial charge in [-0.3, -0.25) is 10.6 Å². The Labute approximate surface area is 266 Å². The number of anilines is 2. The minimum atomic E-state index is -0.662. The normalized spacial score (nSPS) is 11.9. The minimum absolute atomic E-state index is 0.103. The standard InChI is InChI=1S/C19H27N5O3.C12H11FN4O2/c1-12(2)9-19(4,20)11-27-16-13(3)8-14(10-22-16)15-6-7-21-17(23-15)24-18(25)26-5;1-7-5-8(6-15-10(7)13)9-3-4-14-11(16-9)17-12(18)19-2/h6-8,10,12H,9,11,20H2,1-5H3,(H,21,23,24,25);3-6H,1-2H3,(H,14,16,17,18)/t19-;/m0./s1. The summed E-state index contributed by atoms with van der Waals surface area (Å²) in [5, 5.41) is 4.79. The van der Waals surface area contributed by atoms with E-state index in [1.54, 1.807) is 37.5 Å². The summed E-state index contributed by atoms with van der Waals surface area (Å²) in [7, 11) is 2.52. The van der Waals surface area contributed by atoms with Gasteiger partial charge in [0.15, 0.2) is 0 Å². The van der Waals surface area contributed by atoms with Gasteiger partial charge in [-0.15, -0.1) is 0 Å². The zero-order valence-corrected chi connectivity index (χ0v) is 26.8. The van der Waals surface area contributed by atoms with Gasteiger partial charge in [0.05, 0.1) is 25.6 Å². The predicted molar refractivity (Wildman–Crippen MR) is 170 cm³/mol. The lowest BCUT2D eigenvalue weighted by Gasteiger charge is -2.26. The van der Waals surface area contributed by atoms with Crippen LogP contribution in [0.3, 0.4) is 0 Å². The Morgan fingerprint density at radius 1 is 0.870 bits per heavy atom. The van der Waals surface area contributed by atoms with Gasteiger partial charge in [0.25, 0.3) is 0 Å². The molecule has 4 heterocycles. The van der Waals surface area contributed by atoms with Gasteiger partial charge in [-0.2, -0.15) is 4.39 Å². The highest BCUT2D eigenvalue weighted by Gasteiger charge is 2.22. The van der Waals surface area contributed by atoms with Crippen molar-refractivity contribution in [2.75, 3.05) is 31.5 Å². The Hall–Kier alpha value is -5.31. The molecule has 4 aromatic heterocycles. The number of nitrogens with one attached hydrogen (secondary N) is 2. The van der Waals surface area contributed by atoms with Crippen LogP contribution < -0.4 is 21.1 Å². The van der Waals surface area contributed by atoms with Crippen molar-refractivity contribution in [2.24, 2.45) is 11.7 Å². The average molecular weight is 636 g/mol. The molecule has 2 amide bonds. The van der Waals surface area contributed by atoms with Crippen LogP contribution in [0, 0.1) is 25.7 Å². The zero-order valence-electron chi connectivity index (χ0n) is 26.8.